The van der Waals surface area contributed by atoms with Gasteiger partial charge < -0.3 is 14.3 Å². The molecule has 1 amide bonds. The number of aliphatic hydroxyl groups is 1. The Morgan fingerprint density at radius 1 is 1.05 bits per heavy atom. The van der Waals surface area contributed by atoms with Gasteiger partial charge in [0, 0.05) is 15.5 Å². The molecule has 0 saturated carbocycles. The Bertz CT molecular complexity index is 1600. The molecule has 0 aliphatic carbocycles. The maximum atomic E-state index is 13.8. The zero-order valence-electron chi connectivity index (χ0n) is 20.0. The van der Waals surface area contributed by atoms with Crippen LogP contribution in [-0.2, 0) is 9.53 Å². The van der Waals surface area contributed by atoms with Crippen molar-refractivity contribution in [2.45, 2.75) is 19.9 Å². The molecule has 0 bridgehead atoms. The van der Waals surface area contributed by atoms with E-state index >= 15 is 0 Å². The molecule has 7 nitrogen and oxygen atoms in total. The fourth-order valence-electron chi connectivity index (χ4n) is 4.55. The summed E-state index contributed by atoms with van der Waals surface area (Å²) in [5.74, 6) is -2.55. The number of benzene rings is 3. The Morgan fingerprint density at radius 3 is 2.59 bits per heavy atom. The molecule has 3 aromatic carbocycles. The number of anilines is 1. The number of esters is 1. The first-order valence-corrected chi connectivity index (χ1v) is 12.4. The van der Waals surface area contributed by atoms with E-state index in [1.54, 1.807) is 55.5 Å². The molecule has 1 aromatic heterocycles. The first-order valence-electron chi connectivity index (χ1n) is 11.6. The summed E-state index contributed by atoms with van der Waals surface area (Å²) < 4.78 is 11.7. The number of amides is 1. The number of aryl methyl sites for hydroxylation is 1. The van der Waals surface area contributed by atoms with Gasteiger partial charge in [0.2, 0.25) is 5.78 Å². The molecule has 1 atom stereocenters. The molecule has 5 rings (SSSR count). The first-order chi connectivity index (χ1) is 17.8. The molecule has 0 radical (unpaired) electrons. The van der Waals surface area contributed by atoms with Crippen LogP contribution < -0.4 is 4.90 Å². The fraction of sp³-hybridized carbons (Fsp3) is 0.138. The van der Waals surface area contributed by atoms with Crippen LogP contribution >= 0.6 is 15.9 Å². The third-order valence-electron chi connectivity index (χ3n) is 6.27. The summed E-state index contributed by atoms with van der Waals surface area (Å²) in [6.45, 7) is 3.77. The highest BCUT2D eigenvalue weighted by Crippen LogP contribution is 2.43. The first kappa shape index (κ1) is 24.5. The van der Waals surface area contributed by atoms with Crippen molar-refractivity contribution in [3.05, 3.63) is 111 Å². The molecule has 1 N–H and O–H groups in total. The van der Waals surface area contributed by atoms with Gasteiger partial charge in [-0.1, -0.05) is 46.3 Å². The van der Waals surface area contributed by atoms with Crippen LogP contribution in [0.4, 0.5) is 5.69 Å². The van der Waals surface area contributed by atoms with E-state index in [1.807, 2.05) is 25.1 Å². The van der Waals surface area contributed by atoms with E-state index < -0.39 is 29.5 Å². The molecular formula is C29H22BrNO6. The number of carbonyl (C=O) groups excluding carboxylic acids is 3. The predicted molar refractivity (Wildman–Crippen MR) is 142 cm³/mol. The number of Topliss-reactive ketones (excluding diaryl/α,β-unsaturated/α-hetero) is 1. The van der Waals surface area contributed by atoms with Crippen molar-refractivity contribution >= 4 is 50.2 Å². The third kappa shape index (κ3) is 4.34. The van der Waals surface area contributed by atoms with Crippen LogP contribution in [0.2, 0.25) is 0 Å². The number of ketones is 1. The summed E-state index contributed by atoms with van der Waals surface area (Å²) in [5.41, 5.74) is 2.47. The van der Waals surface area contributed by atoms with Gasteiger partial charge in [-0.15, -0.1) is 0 Å². The summed E-state index contributed by atoms with van der Waals surface area (Å²) in [5, 5.41) is 11.8. The highest BCUT2D eigenvalue weighted by molar-refractivity contribution is 9.10. The van der Waals surface area contributed by atoms with Crippen molar-refractivity contribution in [1.82, 2.24) is 0 Å². The lowest BCUT2D eigenvalue weighted by molar-refractivity contribution is -0.117. The van der Waals surface area contributed by atoms with Crippen molar-refractivity contribution in [1.29, 1.82) is 0 Å². The Labute approximate surface area is 221 Å². The minimum Gasteiger partial charge on any atom is -0.503 e. The number of rotatable bonds is 6. The van der Waals surface area contributed by atoms with Crippen molar-refractivity contribution in [3.8, 4) is 0 Å². The predicted octanol–water partition coefficient (Wildman–Crippen LogP) is 6.46. The van der Waals surface area contributed by atoms with E-state index in [9.17, 15) is 19.5 Å². The quantitative estimate of drug-likeness (QED) is 0.215. The van der Waals surface area contributed by atoms with E-state index in [1.165, 1.54) is 11.0 Å². The molecule has 1 aliphatic heterocycles. The lowest BCUT2D eigenvalue weighted by Gasteiger charge is -2.28. The second-order valence-electron chi connectivity index (χ2n) is 8.59. The smallest absolute Gasteiger partial charge is 0.338 e. The molecule has 4 aromatic rings. The largest absolute Gasteiger partial charge is 0.503 e. The number of fused-ring (bicyclic) bond motifs is 1. The van der Waals surface area contributed by atoms with Gasteiger partial charge in [0.25, 0.3) is 5.91 Å². The molecule has 2 heterocycles. The molecule has 0 saturated heterocycles. The second kappa shape index (κ2) is 9.71. The lowest BCUT2D eigenvalue weighted by Crippen LogP contribution is -2.31. The number of hydrogen-bond acceptors (Lipinski definition) is 6. The SMILES string of the molecule is CCOC(=O)c1cccc(N2C(=O)C(O)=C(C(=O)c3cc4cc(Br)ccc4o3)C2c2ccccc2C)c1. The summed E-state index contributed by atoms with van der Waals surface area (Å²) >= 11 is 3.41. The average molecular weight is 560 g/mol. The number of ether oxygens (including phenoxy) is 1. The highest BCUT2D eigenvalue weighted by Gasteiger charge is 2.46. The van der Waals surface area contributed by atoms with Gasteiger partial charge in [-0.05, 0) is 67.4 Å². The van der Waals surface area contributed by atoms with Gasteiger partial charge in [0.05, 0.1) is 23.8 Å². The summed E-state index contributed by atoms with van der Waals surface area (Å²) in [6, 6.07) is 19.7. The van der Waals surface area contributed by atoms with Crippen LogP contribution in [0.25, 0.3) is 11.0 Å². The molecule has 1 aliphatic rings. The molecular weight excluding hydrogens is 538 g/mol. The number of nitrogens with zero attached hydrogens (tertiary/aromatic N) is 1. The second-order valence-corrected chi connectivity index (χ2v) is 9.50. The normalized spacial score (nSPS) is 15.5. The summed E-state index contributed by atoms with van der Waals surface area (Å²) in [4.78, 5) is 41.0. The molecule has 37 heavy (non-hydrogen) atoms. The topological polar surface area (TPSA) is 97.0 Å². The molecule has 8 heteroatoms. The Kier molecular flexibility index (Phi) is 6.43. The van der Waals surface area contributed by atoms with Gasteiger partial charge in [-0.3, -0.25) is 14.5 Å². The zero-order chi connectivity index (χ0) is 26.3. The molecule has 0 fully saturated rings. The number of hydrogen-bond donors (Lipinski definition) is 1. The van der Waals surface area contributed by atoms with Gasteiger partial charge in [0.1, 0.15) is 5.58 Å². The van der Waals surface area contributed by atoms with Crippen LogP contribution in [-0.4, -0.2) is 29.4 Å². The van der Waals surface area contributed by atoms with Gasteiger partial charge >= 0.3 is 5.97 Å². The Hall–Kier alpha value is -4.17. The van der Waals surface area contributed by atoms with Crippen molar-refractivity contribution < 1.29 is 28.6 Å². The third-order valence-corrected chi connectivity index (χ3v) is 6.77. The Balaban J connectivity index is 1.65. The molecule has 186 valence electrons. The average Bonchev–Trinajstić information content (AvgIpc) is 3.42. The summed E-state index contributed by atoms with van der Waals surface area (Å²) in [7, 11) is 0. The zero-order valence-corrected chi connectivity index (χ0v) is 21.6. The minimum atomic E-state index is -0.946. The minimum absolute atomic E-state index is 0.00292. The maximum absolute atomic E-state index is 13.8. The molecule has 1 unspecified atom stereocenters. The van der Waals surface area contributed by atoms with E-state index in [2.05, 4.69) is 15.9 Å². The lowest BCUT2D eigenvalue weighted by atomic mass is 9.92. The van der Waals surface area contributed by atoms with Gasteiger partial charge in [-0.2, -0.15) is 0 Å². The van der Waals surface area contributed by atoms with Crippen LogP contribution in [0, 0.1) is 6.92 Å². The highest BCUT2D eigenvalue weighted by atomic mass is 79.9. The van der Waals surface area contributed by atoms with Crippen molar-refractivity contribution in [3.63, 3.8) is 0 Å². The van der Waals surface area contributed by atoms with E-state index in [4.69, 9.17) is 9.15 Å². The summed E-state index contributed by atoms with van der Waals surface area (Å²) in [6.07, 6.45) is 0. The number of aliphatic hydroxyl groups excluding tert-OH is 1. The van der Waals surface area contributed by atoms with Gasteiger partial charge in [-0.25, -0.2) is 4.79 Å². The number of carbonyl (C=O) groups is 3. The standard InChI is InChI=1S/C29H22BrNO6/c1-3-36-29(35)17-8-6-9-20(14-17)31-25(21-10-5-4-7-16(21)2)24(27(33)28(31)34)26(32)23-15-18-13-19(30)11-12-22(18)37-23/h4-15,25,33H,3H2,1-2H3. The van der Waals surface area contributed by atoms with Crippen molar-refractivity contribution in [2.75, 3.05) is 11.5 Å². The molecule has 0 spiro atoms. The van der Waals surface area contributed by atoms with Crippen molar-refractivity contribution in [2.24, 2.45) is 0 Å². The van der Waals surface area contributed by atoms with E-state index in [-0.39, 0.29) is 23.5 Å². The maximum Gasteiger partial charge on any atom is 0.338 e. The Morgan fingerprint density at radius 2 is 1.84 bits per heavy atom. The number of furan rings is 1. The van der Waals surface area contributed by atoms with E-state index in [0.717, 1.165) is 10.0 Å². The van der Waals surface area contributed by atoms with Gasteiger partial charge in [0.15, 0.2) is 11.5 Å². The van der Waals surface area contributed by atoms with E-state index in [0.29, 0.717) is 22.2 Å². The van der Waals surface area contributed by atoms with Crippen LogP contribution in [0.1, 0.15) is 45.0 Å². The van der Waals surface area contributed by atoms with Crippen LogP contribution in [0.15, 0.2) is 93.0 Å². The number of halogens is 1. The van der Waals surface area contributed by atoms with Crippen LogP contribution in [0.5, 0.6) is 0 Å². The van der Waals surface area contributed by atoms with Crippen LogP contribution in [0.3, 0.4) is 0 Å². The fourth-order valence-corrected chi connectivity index (χ4v) is 4.93. The monoisotopic (exact) mass is 559 g/mol.